The molecule has 1 fully saturated rings. The van der Waals surface area contributed by atoms with E-state index in [1.54, 1.807) is 0 Å². The molecule has 21 heavy (non-hydrogen) atoms. The van der Waals surface area contributed by atoms with Crippen molar-refractivity contribution in [2.75, 3.05) is 13.1 Å². The van der Waals surface area contributed by atoms with Crippen molar-refractivity contribution in [3.05, 3.63) is 35.9 Å². The van der Waals surface area contributed by atoms with Gasteiger partial charge in [0.05, 0.1) is 24.3 Å². The Morgan fingerprint density at radius 2 is 1.76 bits per heavy atom. The van der Waals surface area contributed by atoms with Gasteiger partial charge in [0.25, 0.3) is 0 Å². The molecule has 4 atom stereocenters. The molecule has 1 aliphatic heterocycles. The predicted molar refractivity (Wildman–Crippen MR) is 84.0 cm³/mol. The zero-order valence-corrected chi connectivity index (χ0v) is 13.4. The van der Waals surface area contributed by atoms with Gasteiger partial charge in [0.1, 0.15) is 0 Å². The molecular formula is C17H26N2O2. The number of morpholine rings is 1. The van der Waals surface area contributed by atoms with Crippen LogP contribution < -0.4 is 5.32 Å². The minimum absolute atomic E-state index is 0.0250. The highest BCUT2D eigenvalue weighted by Crippen LogP contribution is 2.16. The molecule has 1 amide bonds. The van der Waals surface area contributed by atoms with Gasteiger partial charge in [-0.05, 0) is 33.3 Å². The maximum Gasteiger partial charge on any atom is 0.237 e. The maximum absolute atomic E-state index is 12.4. The van der Waals surface area contributed by atoms with Gasteiger partial charge in [-0.25, -0.2) is 0 Å². The molecule has 1 N–H and O–H groups in total. The Kier molecular flexibility index (Phi) is 5.37. The highest BCUT2D eigenvalue weighted by Gasteiger charge is 2.29. The van der Waals surface area contributed by atoms with E-state index in [0.717, 1.165) is 18.7 Å². The Balaban J connectivity index is 1.93. The predicted octanol–water partition coefficient (Wildman–Crippen LogP) is 2.36. The van der Waals surface area contributed by atoms with E-state index in [9.17, 15) is 4.79 Å². The van der Waals surface area contributed by atoms with E-state index >= 15 is 0 Å². The van der Waals surface area contributed by atoms with Gasteiger partial charge >= 0.3 is 0 Å². The first-order valence-electron chi connectivity index (χ1n) is 7.72. The van der Waals surface area contributed by atoms with Crippen molar-refractivity contribution >= 4 is 5.91 Å². The largest absolute Gasteiger partial charge is 0.373 e. The molecule has 4 nitrogen and oxygen atoms in total. The molecule has 1 heterocycles. The molecule has 0 aromatic heterocycles. The summed E-state index contributed by atoms with van der Waals surface area (Å²) in [4.78, 5) is 14.6. The summed E-state index contributed by atoms with van der Waals surface area (Å²) in [6, 6.07) is 9.93. The van der Waals surface area contributed by atoms with Gasteiger partial charge < -0.3 is 10.1 Å². The van der Waals surface area contributed by atoms with Gasteiger partial charge in [0.2, 0.25) is 5.91 Å². The lowest BCUT2D eigenvalue weighted by molar-refractivity contribution is -0.132. The molecule has 4 unspecified atom stereocenters. The third-order valence-corrected chi connectivity index (χ3v) is 4.03. The molecule has 2 rings (SSSR count). The van der Waals surface area contributed by atoms with Crippen molar-refractivity contribution in [2.45, 2.75) is 52.0 Å². The average molecular weight is 290 g/mol. The van der Waals surface area contributed by atoms with Gasteiger partial charge in [-0.15, -0.1) is 0 Å². The Morgan fingerprint density at radius 1 is 1.19 bits per heavy atom. The molecule has 116 valence electrons. The Labute approximate surface area is 127 Å². The van der Waals surface area contributed by atoms with Crippen LogP contribution in [-0.2, 0) is 9.53 Å². The summed E-state index contributed by atoms with van der Waals surface area (Å²) in [5.74, 6) is 0.0765. The van der Waals surface area contributed by atoms with E-state index in [0.29, 0.717) is 0 Å². The van der Waals surface area contributed by atoms with Crippen LogP contribution in [0.3, 0.4) is 0 Å². The minimum atomic E-state index is -0.134. The van der Waals surface area contributed by atoms with Crippen molar-refractivity contribution < 1.29 is 9.53 Å². The monoisotopic (exact) mass is 290 g/mol. The summed E-state index contributed by atoms with van der Waals surface area (Å²) in [5.41, 5.74) is 1.13. The summed E-state index contributed by atoms with van der Waals surface area (Å²) in [7, 11) is 0. The molecule has 4 heteroatoms. The number of carbonyl (C=O) groups is 1. The van der Waals surface area contributed by atoms with Gasteiger partial charge in [0.15, 0.2) is 0 Å². The second-order valence-corrected chi connectivity index (χ2v) is 6.03. The third kappa shape index (κ3) is 4.29. The van der Waals surface area contributed by atoms with E-state index in [1.165, 1.54) is 0 Å². The number of rotatable bonds is 4. The number of benzene rings is 1. The molecule has 1 aliphatic rings. The SMILES string of the molecule is CC1CN(C(C)C(=O)NC(C)c2ccccc2)CC(C)O1. The number of hydrogen-bond donors (Lipinski definition) is 1. The summed E-state index contributed by atoms with van der Waals surface area (Å²) in [6.07, 6.45) is 0.353. The summed E-state index contributed by atoms with van der Waals surface area (Å²) >= 11 is 0. The summed E-state index contributed by atoms with van der Waals surface area (Å²) < 4.78 is 5.72. The minimum Gasteiger partial charge on any atom is -0.373 e. The van der Waals surface area contributed by atoms with Gasteiger partial charge in [-0.1, -0.05) is 30.3 Å². The molecule has 0 saturated carbocycles. The third-order valence-electron chi connectivity index (χ3n) is 4.03. The molecule has 1 aromatic rings. The second-order valence-electron chi connectivity index (χ2n) is 6.03. The summed E-state index contributed by atoms with van der Waals surface area (Å²) in [5, 5.41) is 3.10. The van der Waals surface area contributed by atoms with E-state index in [2.05, 4.69) is 24.1 Å². The highest BCUT2D eigenvalue weighted by atomic mass is 16.5. The van der Waals surface area contributed by atoms with Gasteiger partial charge in [-0.2, -0.15) is 0 Å². The van der Waals surface area contributed by atoms with Crippen LogP contribution in [0.4, 0.5) is 0 Å². The molecule has 0 bridgehead atoms. The Hall–Kier alpha value is -1.39. The van der Waals surface area contributed by atoms with Crippen LogP contribution >= 0.6 is 0 Å². The zero-order valence-electron chi connectivity index (χ0n) is 13.4. The van der Waals surface area contributed by atoms with Gasteiger partial charge in [0, 0.05) is 13.1 Å². The quantitative estimate of drug-likeness (QED) is 0.925. The molecule has 0 aliphatic carbocycles. The smallest absolute Gasteiger partial charge is 0.237 e. The number of carbonyl (C=O) groups excluding carboxylic acids is 1. The number of hydrogen-bond acceptors (Lipinski definition) is 3. The zero-order chi connectivity index (χ0) is 15.4. The molecule has 1 aromatic carbocycles. The topological polar surface area (TPSA) is 41.6 Å². The second kappa shape index (κ2) is 7.05. The lowest BCUT2D eigenvalue weighted by atomic mass is 10.1. The van der Waals surface area contributed by atoms with Crippen molar-refractivity contribution in [3.8, 4) is 0 Å². The van der Waals surface area contributed by atoms with E-state index < -0.39 is 0 Å². The van der Waals surface area contributed by atoms with Crippen molar-refractivity contribution in [3.63, 3.8) is 0 Å². The number of amides is 1. The lowest BCUT2D eigenvalue weighted by Gasteiger charge is -2.38. The lowest BCUT2D eigenvalue weighted by Crippen LogP contribution is -2.54. The first-order valence-corrected chi connectivity index (χ1v) is 7.72. The van der Waals surface area contributed by atoms with Gasteiger partial charge in [-0.3, -0.25) is 9.69 Å². The number of nitrogens with zero attached hydrogens (tertiary/aromatic N) is 1. The van der Waals surface area contributed by atoms with Crippen LogP contribution in [0.2, 0.25) is 0 Å². The van der Waals surface area contributed by atoms with Crippen molar-refractivity contribution in [1.82, 2.24) is 10.2 Å². The van der Waals surface area contributed by atoms with Crippen molar-refractivity contribution in [2.24, 2.45) is 0 Å². The molecule has 0 spiro atoms. The Bertz CT molecular complexity index is 453. The fourth-order valence-electron chi connectivity index (χ4n) is 2.86. The maximum atomic E-state index is 12.4. The van der Waals surface area contributed by atoms with E-state index in [-0.39, 0.29) is 30.2 Å². The highest BCUT2D eigenvalue weighted by molar-refractivity contribution is 5.81. The van der Waals surface area contributed by atoms with Crippen LogP contribution in [0.5, 0.6) is 0 Å². The van der Waals surface area contributed by atoms with Crippen LogP contribution in [0, 0.1) is 0 Å². The fraction of sp³-hybridized carbons (Fsp3) is 0.588. The van der Waals surface area contributed by atoms with Crippen LogP contribution in [0.15, 0.2) is 30.3 Å². The summed E-state index contributed by atoms with van der Waals surface area (Å²) in [6.45, 7) is 9.71. The Morgan fingerprint density at radius 3 is 2.33 bits per heavy atom. The first-order chi connectivity index (χ1) is 9.97. The number of nitrogens with one attached hydrogen (secondary N) is 1. The standard InChI is InChI=1S/C17H26N2O2/c1-12-10-19(11-13(2)21-12)15(4)17(20)18-14(3)16-8-6-5-7-9-16/h5-9,12-15H,10-11H2,1-4H3,(H,18,20). The number of ether oxygens (including phenoxy) is 1. The van der Waals surface area contributed by atoms with Crippen LogP contribution in [0.1, 0.15) is 39.3 Å². The normalized spacial score (nSPS) is 26.1. The van der Waals surface area contributed by atoms with E-state index in [1.807, 2.05) is 44.2 Å². The molecule has 1 saturated heterocycles. The van der Waals surface area contributed by atoms with E-state index in [4.69, 9.17) is 4.74 Å². The van der Waals surface area contributed by atoms with Crippen LogP contribution in [-0.4, -0.2) is 42.1 Å². The average Bonchev–Trinajstić information content (AvgIpc) is 2.46. The molecule has 0 radical (unpaired) electrons. The molecular weight excluding hydrogens is 264 g/mol. The van der Waals surface area contributed by atoms with Crippen LogP contribution in [0.25, 0.3) is 0 Å². The first kappa shape index (κ1) is 16.0. The fourth-order valence-corrected chi connectivity index (χ4v) is 2.86. The van der Waals surface area contributed by atoms with Crippen molar-refractivity contribution in [1.29, 1.82) is 0 Å².